The Balaban J connectivity index is 1.36. The second kappa shape index (κ2) is 9.10. The molecule has 0 unspecified atom stereocenters. The Hall–Kier alpha value is -3.39. The third-order valence-corrected chi connectivity index (χ3v) is 7.61. The van der Waals surface area contributed by atoms with Gasteiger partial charge in [0.1, 0.15) is 5.75 Å². The van der Waals surface area contributed by atoms with E-state index in [4.69, 9.17) is 14.8 Å². The zero-order valence-electron chi connectivity index (χ0n) is 20.0. The lowest BCUT2D eigenvalue weighted by molar-refractivity contribution is -0.120. The molecule has 7 nitrogen and oxygen atoms in total. The maximum absolute atomic E-state index is 13.1. The summed E-state index contributed by atoms with van der Waals surface area (Å²) in [6.45, 7) is 7.68. The van der Waals surface area contributed by atoms with Crippen LogP contribution in [0.1, 0.15) is 29.7 Å². The number of nitrogens with one attached hydrogen (secondary N) is 1. The predicted octanol–water partition coefficient (Wildman–Crippen LogP) is 5.27. The van der Waals surface area contributed by atoms with Gasteiger partial charge < -0.3 is 15.0 Å². The Labute approximate surface area is 203 Å². The summed E-state index contributed by atoms with van der Waals surface area (Å²) in [6, 6.07) is 13.9. The van der Waals surface area contributed by atoms with Gasteiger partial charge in [-0.2, -0.15) is 10.1 Å². The average molecular weight is 476 g/mol. The van der Waals surface area contributed by atoms with E-state index in [1.54, 1.807) is 18.4 Å². The van der Waals surface area contributed by atoms with Crippen LogP contribution in [0.4, 0.5) is 10.8 Å². The smallest absolute Gasteiger partial charge is 0.229 e. The molecule has 0 bridgehead atoms. The monoisotopic (exact) mass is 475 g/mol. The van der Waals surface area contributed by atoms with Gasteiger partial charge in [-0.3, -0.25) is 4.79 Å². The Bertz CT molecular complexity index is 1340. The van der Waals surface area contributed by atoms with Gasteiger partial charge in [0, 0.05) is 18.8 Å². The number of anilines is 2. The van der Waals surface area contributed by atoms with Crippen molar-refractivity contribution >= 4 is 38.4 Å². The highest BCUT2D eigenvalue weighted by Gasteiger charge is 2.28. The molecule has 0 radical (unpaired) electrons. The molecule has 1 aliphatic heterocycles. The number of ether oxygens (including phenoxy) is 1. The number of benzene rings is 2. The molecule has 0 saturated carbocycles. The van der Waals surface area contributed by atoms with Crippen molar-refractivity contribution in [2.75, 3.05) is 30.4 Å². The molecule has 2 aromatic carbocycles. The maximum atomic E-state index is 13.1. The minimum atomic E-state index is -0.0688. The number of rotatable bonds is 5. The lowest BCUT2D eigenvalue weighted by atomic mass is 9.97. The molecule has 1 fully saturated rings. The fourth-order valence-electron chi connectivity index (χ4n) is 4.52. The summed E-state index contributed by atoms with van der Waals surface area (Å²) in [4.78, 5) is 20.3. The molecule has 176 valence electrons. The van der Waals surface area contributed by atoms with E-state index in [1.807, 2.05) is 54.9 Å². The first-order valence-electron chi connectivity index (χ1n) is 11.6. The van der Waals surface area contributed by atoms with Gasteiger partial charge in [0.2, 0.25) is 5.91 Å². The summed E-state index contributed by atoms with van der Waals surface area (Å²) >= 11 is 1.65. The summed E-state index contributed by atoms with van der Waals surface area (Å²) < 4.78 is 8.24. The van der Waals surface area contributed by atoms with E-state index in [1.165, 1.54) is 5.56 Å². The molecule has 0 spiro atoms. The normalized spacial score (nSPS) is 16.1. The molecular weight excluding hydrogens is 446 g/mol. The van der Waals surface area contributed by atoms with E-state index in [0.29, 0.717) is 6.54 Å². The molecule has 1 saturated heterocycles. The molecular formula is C26H29N5O2S. The minimum Gasteiger partial charge on any atom is -0.497 e. The maximum Gasteiger partial charge on any atom is 0.229 e. The van der Waals surface area contributed by atoms with E-state index < -0.39 is 0 Å². The van der Waals surface area contributed by atoms with Crippen molar-refractivity contribution in [3.05, 3.63) is 59.3 Å². The Morgan fingerprint density at radius 1 is 1.15 bits per heavy atom. The Kier molecular flexibility index (Phi) is 6.00. The molecule has 2 aromatic heterocycles. The predicted molar refractivity (Wildman–Crippen MR) is 138 cm³/mol. The molecule has 0 aliphatic carbocycles. The van der Waals surface area contributed by atoms with E-state index in [2.05, 4.69) is 23.2 Å². The number of aromatic nitrogens is 3. The summed E-state index contributed by atoms with van der Waals surface area (Å²) in [5, 5.41) is 8.80. The number of hydrogen-bond acceptors (Lipinski definition) is 6. The highest BCUT2D eigenvalue weighted by Crippen LogP contribution is 2.35. The van der Waals surface area contributed by atoms with Gasteiger partial charge >= 0.3 is 0 Å². The van der Waals surface area contributed by atoms with Gasteiger partial charge in [-0.05, 0) is 69.5 Å². The first-order chi connectivity index (χ1) is 16.4. The standard InChI is InChI=1S/C26H29N5O2S/c1-16-7-12-22(17(2)14-16)27-25(32)19-6-5-13-30(15-19)26-28-24-23(34-26)18(3)29-31(24)20-8-10-21(33-4)11-9-20/h7-12,14,19H,5-6,13,15H2,1-4H3,(H,27,32)/t19-/m0/s1. The number of thiazole rings is 1. The molecule has 1 atom stereocenters. The second-order valence-corrected chi connectivity index (χ2v) is 9.91. The van der Waals surface area contributed by atoms with Crippen LogP contribution < -0.4 is 15.0 Å². The quantitative estimate of drug-likeness (QED) is 0.426. The largest absolute Gasteiger partial charge is 0.497 e. The van der Waals surface area contributed by atoms with Gasteiger partial charge in [0.15, 0.2) is 10.8 Å². The lowest BCUT2D eigenvalue weighted by Gasteiger charge is -2.31. The average Bonchev–Trinajstić information content (AvgIpc) is 3.41. The molecule has 3 heterocycles. The van der Waals surface area contributed by atoms with Crippen LogP contribution in [0.3, 0.4) is 0 Å². The first-order valence-corrected chi connectivity index (χ1v) is 12.4. The summed E-state index contributed by atoms with van der Waals surface area (Å²) in [6.07, 6.45) is 1.85. The number of hydrogen-bond donors (Lipinski definition) is 1. The van der Waals surface area contributed by atoms with Crippen LogP contribution >= 0.6 is 11.3 Å². The van der Waals surface area contributed by atoms with Gasteiger partial charge in [0.25, 0.3) is 0 Å². The number of amides is 1. The number of nitrogens with zero attached hydrogens (tertiary/aromatic N) is 4. The van der Waals surface area contributed by atoms with Crippen LogP contribution in [-0.2, 0) is 4.79 Å². The number of carbonyl (C=O) groups excluding carboxylic acids is 1. The van der Waals surface area contributed by atoms with Crippen molar-refractivity contribution in [2.24, 2.45) is 5.92 Å². The third kappa shape index (κ3) is 4.25. The summed E-state index contributed by atoms with van der Waals surface area (Å²) in [5.41, 5.74) is 5.92. The van der Waals surface area contributed by atoms with Crippen LogP contribution in [0, 0.1) is 26.7 Å². The minimum absolute atomic E-state index is 0.0688. The van der Waals surface area contributed by atoms with Crippen molar-refractivity contribution in [2.45, 2.75) is 33.6 Å². The van der Waals surface area contributed by atoms with Crippen molar-refractivity contribution in [1.29, 1.82) is 0 Å². The number of aryl methyl sites for hydroxylation is 3. The van der Waals surface area contributed by atoms with Crippen LogP contribution in [0.5, 0.6) is 5.75 Å². The van der Waals surface area contributed by atoms with Crippen molar-refractivity contribution in [3.8, 4) is 11.4 Å². The molecule has 1 amide bonds. The zero-order chi connectivity index (χ0) is 23.8. The molecule has 34 heavy (non-hydrogen) atoms. The van der Waals surface area contributed by atoms with E-state index >= 15 is 0 Å². The van der Waals surface area contributed by atoms with E-state index in [-0.39, 0.29) is 11.8 Å². The van der Waals surface area contributed by atoms with Gasteiger partial charge in [-0.15, -0.1) is 0 Å². The van der Waals surface area contributed by atoms with Crippen molar-refractivity contribution < 1.29 is 9.53 Å². The van der Waals surface area contributed by atoms with Crippen LogP contribution in [0.15, 0.2) is 42.5 Å². The van der Waals surface area contributed by atoms with E-state index in [9.17, 15) is 4.79 Å². The Morgan fingerprint density at radius 3 is 2.68 bits per heavy atom. The summed E-state index contributed by atoms with van der Waals surface area (Å²) in [5.74, 6) is 0.820. The van der Waals surface area contributed by atoms with Crippen LogP contribution in [-0.4, -0.2) is 40.9 Å². The second-order valence-electron chi connectivity index (χ2n) is 8.94. The van der Waals surface area contributed by atoms with Gasteiger partial charge in [-0.1, -0.05) is 29.0 Å². The van der Waals surface area contributed by atoms with Gasteiger partial charge in [-0.25, -0.2) is 4.68 Å². The molecule has 5 rings (SSSR count). The Morgan fingerprint density at radius 2 is 1.94 bits per heavy atom. The lowest BCUT2D eigenvalue weighted by Crippen LogP contribution is -2.40. The highest BCUT2D eigenvalue weighted by atomic mass is 32.1. The fourth-order valence-corrected chi connectivity index (χ4v) is 5.54. The van der Waals surface area contributed by atoms with Crippen molar-refractivity contribution in [1.82, 2.24) is 14.8 Å². The SMILES string of the molecule is COc1ccc(-n2nc(C)c3sc(N4CCC[C@H](C(=O)Nc5ccc(C)cc5C)C4)nc32)cc1. The zero-order valence-corrected chi connectivity index (χ0v) is 20.8. The van der Waals surface area contributed by atoms with Crippen LogP contribution in [0.2, 0.25) is 0 Å². The first kappa shape index (κ1) is 22.4. The topological polar surface area (TPSA) is 72.3 Å². The third-order valence-electron chi connectivity index (χ3n) is 6.40. The number of methoxy groups -OCH3 is 1. The number of piperidine rings is 1. The van der Waals surface area contributed by atoms with Gasteiger partial charge in [0.05, 0.1) is 29.1 Å². The number of carbonyl (C=O) groups is 1. The summed E-state index contributed by atoms with van der Waals surface area (Å²) in [7, 11) is 1.66. The van der Waals surface area contributed by atoms with Crippen molar-refractivity contribution in [3.63, 3.8) is 0 Å². The molecule has 8 heteroatoms. The van der Waals surface area contributed by atoms with E-state index in [0.717, 1.165) is 63.2 Å². The molecule has 4 aromatic rings. The molecule has 1 aliphatic rings. The fraction of sp³-hybridized carbons (Fsp3) is 0.346. The van der Waals surface area contributed by atoms with Crippen LogP contribution in [0.25, 0.3) is 16.0 Å². The number of fused-ring (bicyclic) bond motifs is 1. The molecule has 1 N–H and O–H groups in total. The highest BCUT2D eigenvalue weighted by molar-refractivity contribution is 7.22.